The zero-order valence-electron chi connectivity index (χ0n) is 19.6. The van der Waals surface area contributed by atoms with Gasteiger partial charge in [0.05, 0.1) is 19.8 Å². The third-order valence-electron chi connectivity index (χ3n) is 6.77. The van der Waals surface area contributed by atoms with Crippen molar-refractivity contribution in [3.8, 4) is 11.8 Å². The van der Waals surface area contributed by atoms with E-state index in [9.17, 15) is 4.79 Å². The highest BCUT2D eigenvalue weighted by atomic mass is 16.5. The predicted octanol–water partition coefficient (Wildman–Crippen LogP) is 2.48. The minimum atomic E-state index is -0.386. The second-order valence-corrected chi connectivity index (χ2v) is 8.93. The van der Waals surface area contributed by atoms with Gasteiger partial charge in [-0.2, -0.15) is 0 Å². The summed E-state index contributed by atoms with van der Waals surface area (Å²) in [4.78, 5) is 19.3. The molecule has 3 rings (SSSR count). The van der Waals surface area contributed by atoms with E-state index in [4.69, 9.17) is 10.5 Å². The van der Waals surface area contributed by atoms with Gasteiger partial charge in [0.25, 0.3) is 0 Å². The van der Waals surface area contributed by atoms with E-state index < -0.39 is 0 Å². The number of hydrogen-bond acceptors (Lipinski definition) is 5. The molecule has 0 spiro atoms. The van der Waals surface area contributed by atoms with Crippen LogP contribution in [0.1, 0.15) is 54.1 Å². The highest BCUT2D eigenvalue weighted by Crippen LogP contribution is 2.32. The van der Waals surface area contributed by atoms with Crippen LogP contribution in [0, 0.1) is 18.8 Å². The van der Waals surface area contributed by atoms with Crippen LogP contribution in [0.5, 0.6) is 0 Å². The third-order valence-corrected chi connectivity index (χ3v) is 6.77. The number of primary amides is 1. The molecule has 1 saturated carbocycles. The SMILES string of the molecule is CCN(c1cc(C#CCN2CCOCC2)cc(C(N)=O)c1C)C1CCC(N(C)C)CC1. The van der Waals surface area contributed by atoms with E-state index in [1.807, 2.05) is 13.0 Å². The molecule has 0 unspecified atom stereocenters. The lowest BCUT2D eigenvalue weighted by Crippen LogP contribution is -2.42. The van der Waals surface area contributed by atoms with Gasteiger partial charge in [0.1, 0.15) is 0 Å². The maximum Gasteiger partial charge on any atom is 0.249 e. The highest BCUT2D eigenvalue weighted by Gasteiger charge is 2.28. The molecule has 1 saturated heterocycles. The van der Waals surface area contributed by atoms with Crippen LogP contribution in [0.3, 0.4) is 0 Å². The number of anilines is 1. The molecule has 0 atom stereocenters. The van der Waals surface area contributed by atoms with E-state index in [-0.39, 0.29) is 5.91 Å². The molecule has 2 fully saturated rings. The zero-order chi connectivity index (χ0) is 22.4. The Balaban J connectivity index is 1.83. The predicted molar refractivity (Wildman–Crippen MR) is 127 cm³/mol. The van der Waals surface area contributed by atoms with Crippen LogP contribution < -0.4 is 10.6 Å². The van der Waals surface area contributed by atoms with Gasteiger partial charge in [-0.25, -0.2) is 0 Å². The monoisotopic (exact) mass is 426 g/mol. The van der Waals surface area contributed by atoms with Crippen molar-refractivity contribution in [2.24, 2.45) is 5.73 Å². The number of nitrogens with zero attached hydrogens (tertiary/aromatic N) is 3. The average molecular weight is 427 g/mol. The number of nitrogens with two attached hydrogens (primary N) is 1. The fraction of sp³-hybridized carbons (Fsp3) is 0.640. The molecule has 0 bridgehead atoms. The molecule has 1 aliphatic carbocycles. The topological polar surface area (TPSA) is 62.0 Å². The zero-order valence-corrected chi connectivity index (χ0v) is 19.6. The molecule has 6 nitrogen and oxygen atoms in total. The number of benzene rings is 1. The smallest absolute Gasteiger partial charge is 0.249 e. The molecule has 1 aliphatic heterocycles. The molecule has 0 radical (unpaired) electrons. The summed E-state index contributed by atoms with van der Waals surface area (Å²) in [5.41, 5.74) is 9.24. The van der Waals surface area contributed by atoms with E-state index >= 15 is 0 Å². The summed E-state index contributed by atoms with van der Waals surface area (Å²) >= 11 is 0. The second-order valence-electron chi connectivity index (χ2n) is 8.93. The van der Waals surface area contributed by atoms with Gasteiger partial charge < -0.3 is 20.3 Å². The van der Waals surface area contributed by atoms with Crippen LogP contribution in [-0.2, 0) is 4.74 Å². The van der Waals surface area contributed by atoms with Crippen LogP contribution in [0.15, 0.2) is 12.1 Å². The molecular formula is C25H38N4O2. The molecule has 1 heterocycles. The molecule has 31 heavy (non-hydrogen) atoms. The summed E-state index contributed by atoms with van der Waals surface area (Å²) in [7, 11) is 4.34. The van der Waals surface area contributed by atoms with E-state index in [0.29, 0.717) is 24.2 Å². The Kier molecular flexibility index (Phi) is 8.36. The summed E-state index contributed by atoms with van der Waals surface area (Å²) in [5.74, 6) is 6.18. The van der Waals surface area contributed by atoms with E-state index in [1.165, 1.54) is 12.8 Å². The van der Waals surface area contributed by atoms with Crippen LogP contribution in [0.25, 0.3) is 0 Å². The molecule has 6 heteroatoms. The first-order valence-electron chi connectivity index (χ1n) is 11.6. The molecular weight excluding hydrogens is 388 g/mol. The Morgan fingerprint density at radius 3 is 2.39 bits per heavy atom. The molecule has 2 N–H and O–H groups in total. The van der Waals surface area contributed by atoms with Gasteiger partial charge in [-0.1, -0.05) is 11.8 Å². The number of carbonyl (C=O) groups is 1. The standard InChI is InChI=1S/C25H38N4O2/c1-5-29(22-10-8-21(9-11-22)27(3)4)24-18-20(17-23(19(24)2)25(26)30)7-6-12-28-13-15-31-16-14-28/h17-18,21-22H,5,8-16H2,1-4H3,(H2,26,30). The summed E-state index contributed by atoms with van der Waals surface area (Å²) in [6, 6.07) is 5.15. The Morgan fingerprint density at radius 2 is 1.81 bits per heavy atom. The van der Waals surface area contributed by atoms with Crippen molar-refractivity contribution in [3.05, 3.63) is 28.8 Å². The Labute approximate surface area is 187 Å². The van der Waals surface area contributed by atoms with Crippen LogP contribution in [0.4, 0.5) is 5.69 Å². The maximum absolute atomic E-state index is 12.2. The summed E-state index contributed by atoms with van der Waals surface area (Å²) in [5, 5.41) is 0. The Bertz CT molecular complexity index is 813. The molecule has 170 valence electrons. The lowest BCUT2D eigenvalue weighted by Gasteiger charge is -2.40. The number of amides is 1. The van der Waals surface area contributed by atoms with E-state index in [0.717, 1.165) is 62.5 Å². The van der Waals surface area contributed by atoms with Gasteiger partial charge in [-0.05, 0) is 71.3 Å². The summed E-state index contributed by atoms with van der Waals surface area (Å²) in [6.07, 6.45) is 4.73. The van der Waals surface area contributed by atoms with Gasteiger partial charge in [-0.3, -0.25) is 9.69 Å². The van der Waals surface area contributed by atoms with Gasteiger partial charge in [0, 0.05) is 48.5 Å². The van der Waals surface area contributed by atoms with Gasteiger partial charge in [0.2, 0.25) is 5.91 Å². The first-order chi connectivity index (χ1) is 14.9. The van der Waals surface area contributed by atoms with Crippen molar-refractivity contribution in [2.45, 2.75) is 51.6 Å². The number of rotatable bonds is 6. The van der Waals surface area contributed by atoms with Crippen molar-refractivity contribution in [1.29, 1.82) is 0 Å². The minimum Gasteiger partial charge on any atom is -0.379 e. The largest absolute Gasteiger partial charge is 0.379 e. The Morgan fingerprint density at radius 1 is 1.16 bits per heavy atom. The first kappa shape index (κ1) is 23.6. The number of morpholine rings is 1. The average Bonchev–Trinajstić information content (AvgIpc) is 2.77. The molecule has 2 aliphatic rings. The van der Waals surface area contributed by atoms with Crippen molar-refractivity contribution in [3.63, 3.8) is 0 Å². The molecule has 1 amide bonds. The fourth-order valence-corrected chi connectivity index (χ4v) is 4.85. The quantitative estimate of drug-likeness (QED) is 0.708. The highest BCUT2D eigenvalue weighted by molar-refractivity contribution is 5.96. The second kappa shape index (κ2) is 11.0. The number of hydrogen-bond donors (Lipinski definition) is 1. The number of ether oxygens (including phenoxy) is 1. The first-order valence-corrected chi connectivity index (χ1v) is 11.6. The minimum absolute atomic E-state index is 0.386. The summed E-state index contributed by atoms with van der Waals surface area (Å²) < 4.78 is 5.40. The van der Waals surface area contributed by atoms with Crippen molar-refractivity contribution < 1.29 is 9.53 Å². The molecule has 1 aromatic rings. The maximum atomic E-state index is 12.2. The third kappa shape index (κ3) is 6.00. The van der Waals surface area contributed by atoms with Crippen molar-refractivity contribution in [2.75, 3.05) is 58.4 Å². The molecule has 0 aromatic heterocycles. The van der Waals surface area contributed by atoms with Crippen molar-refractivity contribution >= 4 is 11.6 Å². The van der Waals surface area contributed by atoms with E-state index in [1.54, 1.807) is 0 Å². The number of carbonyl (C=O) groups excluding carboxylic acids is 1. The van der Waals surface area contributed by atoms with Crippen LogP contribution in [-0.4, -0.2) is 81.3 Å². The fourth-order valence-electron chi connectivity index (χ4n) is 4.85. The van der Waals surface area contributed by atoms with Gasteiger partial charge >= 0.3 is 0 Å². The normalized spacial score (nSPS) is 22.1. The Hall–Kier alpha value is -2.07. The van der Waals surface area contributed by atoms with E-state index in [2.05, 4.69) is 53.6 Å². The lowest BCUT2D eigenvalue weighted by atomic mass is 9.88. The lowest BCUT2D eigenvalue weighted by molar-refractivity contribution is 0.0443. The summed E-state index contributed by atoms with van der Waals surface area (Å²) in [6.45, 7) is 9.19. The van der Waals surface area contributed by atoms with Gasteiger partial charge in [0.15, 0.2) is 0 Å². The molecule has 1 aromatic carbocycles. The van der Waals surface area contributed by atoms with Crippen molar-refractivity contribution in [1.82, 2.24) is 9.80 Å². The van der Waals surface area contributed by atoms with Crippen LogP contribution in [0.2, 0.25) is 0 Å². The van der Waals surface area contributed by atoms with Gasteiger partial charge in [-0.15, -0.1) is 0 Å². The van der Waals surface area contributed by atoms with Crippen LogP contribution >= 0.6 is 0 Å².